The molecule has 1 unspecified atom stereocenters. The molecule has 1 saturated carbocycles. The number of benzene rings is 2. The lowest BCUT2D eigenvalue weighted by atomic mass is 9.95. The highest BCUT2D eigenvalue weighted by molar-refractivity contribution is 9.10. The van der Waals surface area contributed by atoms with E-state index in [1.54, 1.807) is 43.3 Å². The van der Waals surface area contributed by atoms with E-state index in [2.05, 4.69) is 21.2 Å². The zero-order valence-electron chi connectivity index (χ0n) is 20.8. The van der Waals surface area contributed by atoms with Gasteiger partial charge in [-0.1, -0.05) is 58.9 Å². The van der Waals surface area contributed by atoms with Crippen LogP contribution in [0, 0.1) is 6.92 Å². The van der Waals surface area contributed by atoms with Gasteiger partial charge in [0.1, 0.15) is 12.6 Å². The molecule has 0 heterocycles. The molecule has 1 aliphatic rings. The molecule has 0 radical (unpaired) electrons. The maximum atomic E-state index is 13.7. The first kappa shape index (κ1) is 28.5. The lowest BCUT2D eigenvalue weighted by molar-refractivity contribution is -0.139. The highest BCUT2D eigenvalue weighted by atomic mass is 79.9. The molecule has 1 N–H and O–H groups in total. The summed E-state index contributed by atoms with van der Waals surface area (Å²) in [5.41, 5.74) is 1.97. The summed E-state index contributed by atoms with van der Waals surface area (Å²) < 4.78 is 27.3. The molecule has 1 atom stereocenters. The van der Waals surface area contributed by atoms with Crippen molar-refractivity contribution in [1.29, 1.82) is 0 Å². The van der Waals surface area contributed by atoms with Crippen molar-refractivity contribution in [3.8, 4) is 0 Å². The number of rotatable bonds is 9. The Bertz CT molecular complexity index is 1200. The second-order valence-electron chi connectivity index (χ2n) is 9.37. The zero-order chi connectivity index (χ0) is 26.5. The molecule has 2 amide bonds. The number of nitrogens with one attached hydrogen (secondary N) is 1. The van der Waals surface area contributed by atoms with Gasteiger partial charge >= 0.3 is 0 Å². The standard InChI is InChI=1S/C26H33BrClN3O4S/c1-18-14-23(12-13-24(18)27)31(36(3,34)35)17-25(32)30(16-20-8-7-9-21(28)15-20)19(2)26(33)29-22-10-5-4-6-11-22/h7-9,12-15,19,22H,4-6,10-11,16-17H2,1-3H3,(H,29,33). The Morgan fingerprint density at radius 1 is 1.14 bits per heavy atom. The van der Waals surface area contributed by atoms with E-state index in [0.29, 0.717) is 10.7 Å². The fourth-order valence-electron chi connectivity index (χ4n) is 4.38. The van der Waals surface area contributed by atoms with Crippen LogP contribution in [0.4, 0.5) is 5.69 Å². The van der Waals surface area contributed by atoms with Gasteiger partial charge in [-0.3, -0.25) is 13.9 Å². The van der Waals surface area contributed by atoms with E-state index in [9.17, 15) is 18.0 Å². The Morgan fingerprint density at radius 2 is 1.83 bits per heavy atom. The van der Waals surface area contributed by atoms with Crippen LogP contribution in [0.2, 0.25) is 5.02 Å². The number of nitrogens with zero attached hydrogens (tertiary/aromatic N) is 2. The average Bonchev–Trinajstić information content (AvgIpc) is 2.82. The molecule has 10 heteroatoms. The monoisotopic (exact) mass is 597 g/mol. The smallest absolute Gasteiger partial charge is 0.244 e. The highest BCUT2D eigenvalue weighted by Gasteiger charge is 2.31. The lowest BCUT2D eigenvalue weighted by Crippen LogP contribution is -2.53. The second-order valence-corrected chi connectivity index (χ2v) is 12.6. The van der Waals surface area contributed by atoms with Crippen LogP contribution in [0.25, 0.3) is 0 Å². The minimum atomic E-state index is -3.78. The van der Waals surface area contributed by atoms with Crippen LogP contribution in [-0.2, 0) is 26.2 Å². The van der Waals surface area contributed by atoms with Crippen molar-refractivity contribution >= 4 is 55.1 Å². The van der Waals surface area contributed by atoms with E-state index in [0.717, 1.165) is 58.3 Å². The molecular weight excluding hydrogens is 566 g/mol. The van der Waals surface area contributed by atoms with Gasteiger partial charge in [-0.15, -0.1) is 0 Å². The molecule has 36 heavy (non-hydrogen) atoms. The zero-order valence-corrected chi connectivity index (χ0v) is 24.0. The SMILES string of the molecule is Cc1cc(N(CC(=O)N(Cc2cccc(Cl)c2)C(C)C(=O)NC2CCCCC2)S(C)(=O)=O)ccc1Br. The van der Waals surface area contributed by atoms with Crippen molar-refractivity contribution in [3.63, 3.8) is 0 Å². The fourth-order valence-corrected chi connectivity index (χ4v) is 5.68. The first-order chi connectivity index (χ1) is 17.0. The fraction of sp³-hybridized carbons (Fsp3) is 0.462. The van der Waals surface area contributed by atoms with Gasteiger partial charge in [0.05, 0.1) is 11.9 Å². The predicted molar refractivity (Wildman–Crippen MR) is 148 cm³/mol. The molecule has 0 spiro atoms. The van der Waals surface area contributed by atoms with Crippen molar-refractivity contribution in [1.82, 2.24) is 10.2 Å². The highest BCUT2D eigenvalue weighted by Crippen LogP contribution is 2.25. The van der Waals surface area contributed by atoms with E-state index in [1.807, 2.05) is 13.0 Å². The Labute approximate surface area is 227 Å². The quantitative estimate of drug-likeness (QED) is 0.438. The van der Waals surface area contributed by atoms with Gasteiger partial charge in [0, 0.05) is 22.1 Å². The van der Waals surface area contributed by atoms with Crippen molar-refractivity contribution < 1.29 is 18.0 Å². The van der Waals surface area contributed by atoms with Crippen LogP contribution in [0.15, 0.2) is 46.9 Å². The van der Waals surface area contributed by atoms with Crippen LogP contribution < -0.4 is 9.62 Å². The third kappa shape index (κ3) is 7.70. The van der Waals surface area contributed by atoms with E-state index in [1.165, 1.54) is 4.90 Å². The molecule has 0 bridgehead atoms. The second kappa shape index (κ2) is 12.4. The van der Waals surface area contributed by atoms with Gasteiger partial charge in [0.25, 0.3) is 0 Å². The summed E-state index contributed by atoms with van der Waals surface area (Å²) in [4.78, 5) is 28.3. The van der Waals surface area contributed by atoms with Crippen molar-refractivity contribution in [2.24, 2.45) is 0 Å². The molecular formula is C26H33BrClN3O4S. The third-order valence-electron chi connectivity index (χ3n) is 6.47. The maximum absolute atomic E-state index is 13.7. The van der Waals surface area contributed by atoms with E-state index >= 15 is 0 Å². The predicted octanol–water partition coefficient (Wildman–Crippen LogP) is 5.04. The summed E-state index contributed by atoms with van der Waals surface area (Å²) in [6, 6.07) is 11.5. The number of amides is 2. The Morgan fingerprint density at radius 3 is 2.44 bits per heavy atom. The molecule has 2 aromatic carbocycles. The minimum Gasteiger partial charge on any atom is -0.352 e. The summed E-state index contributed by atoms with van der Waals surface area (Å²) in [6.07, 6.45) is 6.22. The summed E-state index contributed by atoms with van der Waals surface area (Å²) in [7, 11) is -3.78. The van der Waals surface area contributed by atoms with E-state index in [-0.39, 0.29) is 18.5 Å². The van der Waals surface area contributed by atoms with Crippen LogP contribution in [-0.4, -0.2) is 50.0 Å². The van der Waals surface area contributed by atoms with Gasteiger partial charge in [0.2, 0.25) is 21.8 Å². The van der Waals surface area contributed by atoms with Gasteiger partial charge < -0.3 is 10.2 Å². The molecule has 0 saturated heterocycles. The number of carbonyl (C=O) groups is 2. The number of hydrogen-bond acceptors (Lipinski definition) is 4. The van der Waals surface area contributed by atoms with Crippen LogP contribution >= 0.6 is 27.5 Å². The van der Waals surface area contributed by atoms with Crippen molar-refractivity contribution in [3.05, 3.63) is 63.1 Å². The van der Waals surface area contributed by atoms with Crippen LogP contribution in [0.3, 0.4) is 0 Å². The number of sulfonamides is 1. The Kier molecular flexibility index (Phi) is 9.83. The third-order valence-corrected chi connectivity index (χ3v) is 8.73. The van der Waals surface area contributed by atoms with Gasteiger partial charge in [-0.05, 0) is 68.1 Å². The molecule has 3 rings (SSSR count). The Hall–Kier alpha value is -2.10. The van der Waals surface area contributed by atoms with Crippen LogP contribution in [0.5, 0.6) is 0 Å². The number of aryl methyl sites for hydroxylation is 1. The van der Waals surface area contributed by atoms with E-state index in [4.69, 9.17) is 11.6 Å². The molecule has 1 fully saturated rings. The largest absolute Gasteiger partial charge is 0.352 e. The van der Waals surface area contributed by atoms with Crippen molar-refractivity contribution in [2.75, 3.05) is 17.1 Å². The number of halogens is 2. The van der Waals surface area contributed by atoms with Crippen molar-refractivity contribution in [2.45, 2.75) is 64.6 Å². The summed E-state index contributed by atoms with van der Waals surface area (Å²) in [5, 5.41) is 3.60. The molecule has 0 aliphatic heterocycles. The molecule has 1 aliphatic carbocycles. The first-order valence-corrected chi connectivity index (χ1v) is 15.1. The number of hydrogen-bond donors (Lipinski definition) is 1. The van der Waals surface area contributed by atoms with Crippen LogP contribution in [0.1, 0.15) is 50.2 Å². The number of carbonyl (C=O) groups excluding carboxylic acids is 2. The van der Waals surface area contributed by atoms with Gasteiger partial charge in [0.15, 0.2) is 0 Å². The van der Waals surface area contributed by atoms with Gasteiger partial charge in [-0.2, -0.15) is 0 Å². The molecule has 7 nitrogen and oxygen atoms in total. The summed E-state index contributed by atoms with van der Waals surface area (Å²) >= 11 is 9.58. The summed E-state index contributed by atoms with van der Waals surface area (Å²) in [6.45, 7) is 3.21. The Balaban J connectivity index is 1.88. The molecule has 2 aromatic rings. The topological polar surface area (TPSA) is 86.8 Å². The lowest BCUT2D eigenvalue weighted by Gasteiger charge is -2.33. The number of anilines is 1. The summed E-state index contributed by atoms with van der Waals surface area (Å²) in [5.74, 6) is -0.727. The first-order valence-electron chi connectivity index (χ1n) is 12.0. The van der Waals surface area contributed by atoms with E-state index < -0.39 is 28.5 Å². The average molecular weight is 599 g/mol. The van der Waals surface area contributed by atoms with Gasteiger partial charge in [-0.25, -0.2) is 8.42 Å². The minimum absolute atomic E-state index is 0.0927. The molecule has 196 valence electrons. The molecule has 0 aromatic heterocycles. The normalized spacial score (nSPS) is 15.2. The maximum Gasteiger partial charge on any atom is 0.244 e.